The summed E-state index contributed by atoms with van der Waals surface area (Å²) in [5, 5.41) is 3.42. The summed E-state index contributed by atoms with van der Waals surface area (Å²) in [6, 6.07) is 9.01. The van der Waals surface area contributed by atoms with Gasteiger partial charge in [0.05, 0.1) is 13.2 Å². The first-order valence-corrected chi connectivity index (χ1v) is 6.19. The molecule has 0 radical (unpaired) electrons. The van der Waals surface area contributed by atoms with Gasteiger partial charge in [0.15, 0.2) is 0 Å². The molecule has 82 valence electrons. The topological polar surface area (TPSA) is 21.3 Å². The molecule has 1 aromatic carbocycles. The molecule has 0 aromatic heterocycles. The summed E-state index contributed by atoms with van der Waals surface area (Å²) in [6.45, 7) is 2.47. The number of nitrogens with one attached hydrogen (secondary N) is 1. The van der Waals surface area contributed by atoms with Crippen LogP contribution in [0.5, 0.6) is 0 Å². The largest absolute Gasteiger partial charge is 0.375 e. The Bertz CT molecular complexity index is 312. The Morgan fingerprint density at radius 2 is 2.27 bits per heavy atom. The molecular formula is C12H16BrNO. The molecular weight excluding hydrogens is 254 g/mol. The van der Waals surface area contributed by atoms with Gasteiger partial charge in [0, 0.05) is 17.1 Å². The standard InChI is InChI=1S/C12H16BrNO/c13-11-3-1-2-10(8-11)9-15-7-6-14-12-4-5-12/h1-3,8,12,14H,4-7,9H2. The molecule has 15 heavy (non-hydrogen) atoms. The predicted molar refractivity (Wildman–Crippen MR) is 64.8 cm³/mol. The maximum absolute atomic E-state index is 5.57. The quantitative estimate of drug-likeness (QED) is 0.802. The van der Waals surface area contributed by atoms with Crippen LogP contribution in [0, 0.1) is 0 Å². The fraction of sp³-hybridized carbons (Fsp3) is 0.500. The summed E-state index contributed by atoms with van der Waals surface area (Å²) < 4.78 is 6.68. The minimum absolute atomic E-state index is 0.700. The summed E-state index contributed by atoms with van der Waals surface area (Å²) in [6.07, 6.45) is 2.68. The van der Waals surface area contributed by atoms with Gasteiger partial charge in [0.1, 0.15) is 0 Å². The summed E-state index contributed by atoms with van der Waals surface area (Å²) in [4.78, 5) is 0. The Hall–Kier alpha value is -0.380. The molecule has 0 unspecified atom stereocenters. The van der Waals surface area contributed by atoms with Crippen molar-refractivity contribution < 1.29 is 4.74 Å². The molecule has 0 spiro atoms. The van der Waals surface area contributed by atoms with E-state index in [1.54, 1.807) is 0 Å². The first-order chi connectivity index (χ1) is 7.34. The normalized spacial score (nSPS) is 15.5. The van der Waals surface area contributed by atoms with Crippen molar-refractivity contribution in [2.24, 2.45) is 0 Å². The monoisotopic (exact) mass is 269 g/mol. The van der Waals surface area contributed by atoms with Gasteiger partial charge in [-0.25, -0.2) is 0 Å². The second kappa shape index (κ2) is 5.64. The molecule has 0 aliphatic heterocycles. The molecule has 1 aliphatic rings. The lowest BCUT2D eigenvalue weighted by Crippen LogP contribution is -2.21. The lowest BCUT2D eigenvalue weighted by molar-refractivity contribution is 0.122. The van der Waals surface area contributed by atoms with Crippen molar-refractivity contribution >= 4 is 15.9 Å². The Morgan fingerprint density at radius 1 is 1.40 bits per heavy atom. The lowest BCUT2D eigenvalue weighted by Gasteiger charge is -2.05. The summed E-state index contributed by atoms with van der Waals surface area (Å²) in [7, 11) is 0. The van der Waals surface area contributed by atoms with E-state index < -0.39 is 0 Å². The molecule has 0 amide bonds. The minimum atomic E-state index is 0.700. The molecule has 1 saturated carbocycles. The van der Waals surface area contributed by atoms with Gasteiger partial charge in [-0.1, -0.05) is 28.1 Å². The van der Waals surface area contributed by atoms with Crippen LogP contribution in [0.3, 0.4) is 0 Å². The van der Waals surface area contributed by atoms with Crippen molar-refractivity contribution in [1.82, 2.24) is 5.32 Å². The van der Waals surface area contributed by atoms with Crippen LogP contribution < -0.4 is 5.32 Å². The molecule has 2 nitrogen and oxygen atoms in total. The molecule has 0 atom stereocenters. The highest BCUT2D eigenvalue weighted by atomic mass is 79.9. The fourth-order valence-corrected chi connectivity index (χ4v) is 1.89. The molecule has 1 aliphatic carbocycles. The van der Waals surface area contributed by atoms with Crippen LogP contribution in [-0.2, 0) is 11.3 Å². The molecule has 1 N–H and O–H groups in total. The molecule has 3 heteroatoms. The van der Waals surface area contributed by atoms with Crippen LogP contribution >= 0.6 is 15.9 Å². The van der Waals surface area contributed by atoms with E-state index in [-0.39, 0.29) is 0 Å². The third-order valence-electron chi connectivity index (χ3n) is 2.41. The summed E-state index contributed by atoms with van der Waals surface area (Å²) in [5.41, 5.74) is 1.22. The first-order valence-electron chi connectivity index (χ1n) is 5.40. The van der Waals surface area contributed by atoms with E-state index in [4.69, 9.17) is 4.74 Å². The van der Waals surface area contributed by atoms with Gasteiger partial charge >= 0.3 is 0 Å². The third kappa shape index (κ3) is 4.33. The molecule has 1 fully saturated rings. The molecule has 0 saturated heterocycles. The van der Waals surface area contributed by atoms with Gasteiger partial charge in [-0.05, 0) is 30.5 Å². The van der Waals surface area contributed by atoms with Crippen molar-refractivity contribution in [2.45, 2.75) is 25.5 Å². The summed E-state index contributed by atoms with van der Waals surface area (Å²) in [5.74, 6) is 0. The zero-order valence-corrected chi connectivity index (χ0v) is 10.3. The fourth-order valence-electron chi connectivity index (χ4n) is 1.44. The van der Waals surface area contributed by atoms with Gasteiger partial charge in [-0.3, -0.25) is 0 Å². The zero-order chi connectivity index (χ0) is 10.5. The van der Waals surface area contributed by atoms with E-state index in [0.29, 0.717) is 6.61 Å². The molecule has 0 bridgehead atoms. The van der Waals surface area contributed by atoms with Crippen molar-refractivity contribution in [1.29, 1.82) is 0 Å². The van der Waals surface area contributed by atoms with E-state index in [2.05, 4.69) is 33.4 Å². The predicted octanol–water partition coefficient (Wildman–Crippen LogP) is 2.72. The van der Waals surface area contributed by atoms with Crippen LogP contribution in [0.2, 0.25) is 0 Å². The molecule has 0 heterocycles. The summed E-state index contributed by atoms with van der Waals surface area (Å²) >= 11 is 3.44. The highest BCUT2D eigenvalue weighted by Crippen LogP contribution is 2.18. The van der Waals surface area contributed by atoms with Gasteiger partial charge < -0.3 is 10.1 Å². The average Bonchev–Trinajstić information content (AvgIpc) is 3.01. The van der Waals surface area contributed by atoms with E-state index >= 15 is 0 Å². The van der Waals surface area contributed by atoms with Crippen molar-refractivity contribution in [3.05, 3.63) is 34.3 Å². The SMILES string of the molecule is Brc1cccc(COCCNC2CC2)c1. The van der Waals surface area contributed by atoms with Crippen LogP contribution in [0.15, 0.2) is 28.7 Å². The Kier molecular flexibility index (Phi) is 4.18. The number of hydrogen-bond acceptors (Lipinski definition) is 2. The van der Waals surface area contributed by atoms with Gasteiger partial charge in [-0.15, -0.1) is 0 Å². The Labute approximate surface area is 99.1 Å². The zero-order valence-electron chi connectivity index (χ0n) is 8.71. The number of halogens is 1. The highest BCUT2D eigenvalue weighted by Gasteiger charge is 2.19. The van der Waals surface area contributed by atoms with Crippen LogP contribution in [-0.4, -0.2) is 19.2 Å². The average molecular weight is 270 g/mol. The maximum Gasteiger partial charge on any atom is 0.0717 e. The van der Waals surface area contributed by atoms with E-state index in [9.17, 15) is 0 Å². The van der Waals surface area contributed by atoms with Gasteiger partial charge in [0.2, 0.25) is 0 Å². The number of benzene rings is 1. The van der Waals surface area contributed by atoms with Gasteiger partial charge in [0.25, 0.3) is 0 Å². The van der Waals surface area contributed by atoms with Crippen LogP contribution in [0.1, 0.15) is 18.4 Å². The van der Waals surface area contributed by atoms with E-state index in [1.807, 2.05) is 12.1 Å². The van der Waals surface area contributed by atoms with Crippen molar-refractivity contribution in [3.63, 3.8) is 0 Å². The highest BCUT2D eigenvalue weighted by molar-refractivity contribution is 9.10. The second-order valence-corrected chi connectivity index (χ2v) is 4.83. The lowest BCUT2D eigenvalue weighted by atomic mass is 10.2. The third-order valence-corrected chi connectivity index (χ3v) is 2.91. The first kappa shape index (κ1) is 11.1. The molecule has 1 aromatic rings. The van der Waals surface area contributed by atoms with Crippen molar-refractivity contribution in [2.75, 3.05) is 13.2 Å². The number of hydrogen-bond donors (Lipinski definition) is 1. The maximum atomic E-state index is 5.57. The minimum Gasteiger partial charge on any atom is -0.375 e. The van der Waals surface area contributed by atoms with Crippen LogP contribution in [0.25, 0.3) is 0 Å². The smallest absolute Gasteiger partial charge is 0.0717 e. The second-order valence-electron chi connectivity index (χ2n) is 3.91. The Morgan fingerprint density at radius 3 is 3.00 bits per heavy atom. The van der Waals surface area contributed by atoms with Crippen molar-refractivity contribution in [3.8, 4) is 0 Å². The van der Waals surface area contributed by atoms with E-state index in [0.717, 1.165) is 23.7 Å². The number of rotatable bonds is 6. The Balaban J connectivity index is 1.60. The molecule has 2 rings (SSSR count). The van der Waals surface area contributed by atoms with Crippen LogP contribution in [0.4, 0.5) is 0 Å². The van der Waals surface area contributed by atoms with E-state index in [1.165, 1.54) is 18.4 Å². The number of ether oxygens (including phenoxy) is 1. The van der Waals surface area contributed by atoms with Gasteiger partial charge in [-0.2, -0.15) is 0 Å².